The molecule has 0 spiro atoms. The van der Waals surface area contributed by atoms with E-state index in [4.69, 9.17) is 5.11 Å². The molecule has 0 saturated carbocycles. The van der Waals surface area contributed by atoms with Crippen molar-refractivity contribution < 1.29 is 19.1 Å². The smallest absolute Gasteiger partial charge is 0.323 e. The molecule has 0 atom stereocenters. The number of aliphatic carboxylic acids is 1. The lowest BCUT2D eigenvalue weighted by molar-refractivity contribution is -0.138. The van der Waals surface area contributed by atoms with Crippen LogP contribution in [0.3, 0.4) is 0 Å². The molecule has 1 aromatic carbocycles. The predicted molar refractivity (Wildman–Crippen MR) is 85.0 cm³/mol. The molecule has 1 amide bonds. The van der Waals surface area contributed by atoms with E-state index in [-0.39, 0.29) is 5.91 Å². The van der Waals surface area contributed by atoms with Crippen LogP contribution in [-0.4, -0.2) is 39.0 Å². The molecule has 0 aliphatic carbocycles. The quantitative estimate of drug-likeness (QED) is 0.940. The number of aromatic nitrogens is 1. The molecule has 0 saturated heterocycles. The summed E-state index contributed by atoms with van der Waals surface area (Å²) in [5, 5.41) is 9.65. The van der Waals surface area contributed by atoms with Gasteiger partial charge >= 0.3 is 5.97 Å². The van der Waals surface area contributed by atoms with Crippen LogP contribution in [-0.2, 0) is 11.5 Å². The van der Waals surface area contributed by atoms with E-state index in [0.29, 0.717) is 22.0 Å². The number of carbonyl (C=O) groups excluding carboxylic acids is 1. The van der Waals surface area contributed by atoms with Crippen LogP contribution in [0.25, 0.3) is 10.9 Å². The number of amides is 1. The summed E-state index contributed by atoms with van der Waals surface area (Å²) in [5.41, 5.74) is 0.698. The Hall–Kier alpha value is -2.50. The number of halogens is 1. The fraction of sp³-hybridized carbons (Fsp3) is 0.353. The largest absolute Gasteiger partial charge is 0.480 e. The van der Waals surface area contributed by atoms with Crippen molar-refractivity contribution in [3.63, 3.8) is 0 Å². The van der Waals surface area contributed by atoms with Gasteiger partial charge in [0.05, 0.1) is 11.1 Å². The summed E-state index contributed by atoms with van der Waals surface area (Å²) in [6.45, 7) is 4.33. The van der Waals surface area contributed by atoms with E-state index in [1.54, 1.807) is 45.0 Å². The standard InChI is InChI=1S/C17H19FN2O3/c1-17(2,3)20(10-15(21)22)16(23)13-6-7-19-14-8-11(9-18)4-5-12(13)14/h4-8H,9-10H2,1-3H3,(H,21,22). The first-order valence-corrected chi connectivity index (χ1v) is 7.21. The number of nitrogens with zero attached hydrogens (tertiary/aromatic N) is 2. The minimum atomic E-state index is -1.08. The summed E-state index contributed by atoms with van der Waals surface area (Å²) in [7, 11) is 0. The third-order valence-corrected chi connectivity index (χ3v) is 3.54. The highest BCUT2D eigenvalue weighted by Crippen LogP contribution is 2.23. The normalized spacial score (nSPS) is 11.5. The van der Waals surface area contributed by atoms with E-state index in [1.807, 2.05) is 0 Å². The van der Waals surface area contributed by atoms with Crippen molar-refractivity contribution in [1.29, 1.82) is 0 Å². The van der Waals surface area contributed by atoms with Crippen LogP contribution >= 0.6 is 0 Å². The lowest BCUT2D eigenvalue weighted by atomic mass is 10.0. The van der Waals surface area contributed by atoms with Crippen LogP contribution in [0.2, 0.25) is 0 Å². The van der Waals surface area contributed by atoms with Gasteiger partial charge in [-0.1, -0.05) is 12.1 Å². The molecular formula is C17H19FN2O3. The van der Waals surface area contributed by atoms with Gasteiger partial charge in [-0.3, -0.25) is 14.6 Å². The summed E-state index contributed by atoms with van der Waals surface area (Å²) in [6, 6.07) is 6.39. The predicted octanol–water partition coefficient (Wildman–Crippen LogP) is 3.03. The third-order valence-electron chi connectivity index (χ3n) is 3.54. The van der Waals surface area contributed by atoms with Crippen molar-refractivity contribution >= 4 is 22.8 Å². The number of carboxylic acid groups (broad SMARTS) is 1. The molecule has 1 N–H and O–H groups in total. The van der Waals surface area contributed by atoms with Crippen molar-refractivity contribution in [2.24, 2.45) is 0 Å². The maximum Gasteiger partial charge on any atom is 0.323 e. The molecule has 122 valence electrons. The highest BCUT2D eigenvalue weighted by atomic mass is 19.1. The fourth-order valence-corrected chi connectivity index (χ4v) is 2.36. The zero-order chi connectivity index (χ0) is 17.2. The summed E-state index contributed by atoms with van der Waals surface area (Å²) in [6.07, 6.45) is 1.47. The van der Waals surface area contributed by atoms with Gasteiger partial charge in [0.1, 0.15) is 13.2 Å². The van der Waals surface area contributed by atoms with Gasteiger partial charge in [0, 0.05) is 17.1 Å². The van der Waals surface area contributed by atoms with E-state index < -0.39 is 24.7 Å². The van der Waals surface area contributed by atoms with Crippen LogP contribution < -0.4 is 0 Å². The number of carboxylic acids is 1. The molecule has 2 aromatic rings. The van der Waals surface area contributed by atoms with Crippen molar-refractivity contribution in [2.45, 2.75) is 33.0 Å². The van der Waals surface area contributed by atoms with Gasteiger partial charge in [-0.2, -0.15) is 0 Å². The van der Waals surface area contributed by atoms with Gasteiger partial charge in [0.15, 0.2) is 0 Å². The van der Waals surface area contributed by atoms with Gasteiger partial charge in [0.2, 0.25) is 0 Å². The lowest BCUT2D eigenvalue weighted by Crippen LogP contribution is -2.48. The summed E-state index contributed by atoms with van der Waals surface area (Å²) in [4.78, 5) is 29.4. The summed E-state index contributed by atoms with van der Waals surface area (Å²) < 4.78 is 12.8. The number of hydrogen-bond donors (Lipinski definition) is 1. The average molecular weight is 318 g/mol. The Kier molecular flexibility index (Phi) is 4.63. The summed E-state index contributed by atoms with van der Waals surface area (Å²) >= 11 is 0. The molecule has 5 nitrogen and oxygen atoms in total. The second kappa shape index (κ2) is 6.32. The minimum absolute atomic E-state index is 0.358. The monoisotopic (exact) mass is 318 g/mol. The van der Waals surface area contributed by atoms with Crippen LogP contribution in [0.15, 0.2) is 30.5 Å². The zero-order valence-electron chi connectivity index (χ0n) is 13.3. The molecule has 0 unspecified atom stereocenters. The number of pyridine rings is 1. The first kappa shape index (κ1) is 16.9. The Balaban J connectivity index is 2.53. The summed E-state index contributed by atoms with van der Waals surface area (Å²) in [5.74, 6) is -1.47. The second-order valence-corrected chi connectivity index (χ2v) is 6.30. The Morgan fingerprint density at radius 3 is 2.52 bits per heavy atom. The van der Waals surface area contributed by atoms with Crippen molar-refractivity contribution in [2.75, 3.05) is 6.54 Å². The van der Waals surface area contributed by atoms with E-state index in [1.165, 1.54) is 11.1 Å². The number of alkyl halides is 1. The Morgan fingerprint density at radius 1 is 1.26 bits per heavy atom. The van der Waals surface area contributed by atoms with Gasteiger partial charge < -0.3 is 10.0 Å². The maximum atomic E-state index is 12.9. The Labute approximate surface area is 133 Å². The minimum Gasteiger partial charge on any atom is -0.480 e. The molecule has 0 fully saturated rings. The van der Waals surface area contributed by atoms with Crippen molar-refractivity contribution in [3.05, 3.63) is 41.6 Å². The zero-order valence-corrected chi connectivity index (χ0v) is 13.3. The van der Waals surface area contributed by atoms with Crippen LogP contribution in [0.1, 0.15) is 36.7 Å². The first-order chi connectivity index (χ1) is 10.7. The van der Waals surface area contributed by atoms with Crippen LogP contribution in [0, 0.1) is 0 Å². The van der Waals surface area contributed by atoms with Crippen molar-refractivity contribution in [3.8, 4) is 0 Å². The molecule has 23 heavy (non-hydrogen) atoms. The van der Waals surface area contributed by atoms with Gasteiger partial charge in [-0.05, 0) is 38.5 Å². The third kappa shape index (κ3) is 3.64. The molecule has 0 aliphatic rings. The molecule has 1 aromatic heterocycles. The second-order valence-electron chi connectivity index (χ2n) is 6.30. The SMILES string of the molecule is CC(C)(C)N(CC(=O)O)C(=O)c1ccnc2cc(CF)ccc12. The molecule has 0 bridgehead atoms. The van der Waals surface area contributed by atoms with E-state index in [2.05, 4.69) is 4.98 Å². The molecule has 0 radical (unpaired) electrons. The van der Waals surface area contributed by atoms with E-state index in [0.717, 1.165) is 0 Å². The van der Waals surface area contributed by atoms with Gasteiger partial charge in [-0.15, -0.1) is 0 Å². The Bertz CT molecular complexity index is 753. The van der Waals surface area contributed by atoms with Gasteiger partial charge in [0.25, 0.3) is 5.91 Å². The molecule has 0 aliphatic heterocycles. The van der Waals surface area contributed by atoms with Crippen LogP contribution in [0.4, 0.5) is 4.39 Å². The first-order valence-electron chi connectivity index (χ1n) is 7.21. The molecule has 1 heterocycles. The van der Waals surface area contributed by atoms with Gasteiger partial charge in [-0.25, -0.2) is 4.39 Å². The highest BCUT2D eigenvalue weighted by molar-refractivity contribution is 6.07. The number of fused-ring (bicyclic) bond motifs is 1. The number of carbonyl (C=O) groups is 2. The fourth-order valence-electron chi connectivity index (χ4n) is 2.36. The van der Waals surface area contributed by atoms with Crippen LogP contribution in [0.5, 0.6) is 0 Å². The molecule has 6 heteroatoms. The van der Waals surface area contributed by atoms with E-state index >= 15 is 0 Å². The maximum absolute atomic E-state index is 12.9. The van der Waals surface area contributed by atoms with Crippen molar-refractivity contribution in [1.82, 2.24) is 9.88 Å². The molecular weight excluding hydrogens is 299 g/mol. The number of rotatable bonds is 4. The highest BCUT2D eigenvalue weighted by Gasteiger charge is 2.30. The molecule has 2 rings (SSSR count). The Morgan fingerprint density at radius 2 is 1.96 bits per heavy atom. The lowest BCUT2D eigenvalue weighted by Gasteiger charge is -2.34. The number of benzene rings is 1. The van der Waals surface area contributed by atoms with E-state index in [9.17, 15) is 14.0 Å². The average Bonchev–Trinajstić information content (AvgIpc) is 2.49. The topological polar surface area (TPSA) is 70.5 Å². The number of hydrogen-bond acceptors (Lipinski definition) is 3.